The summed E-state index contributed by atoms with van der Waals surface area (Å²) in [5.41, 5.74) is -0.438. The predicted octanol–water partition coefficient (Wildman–Crippen LogP) is 5.66. The van der Waals surface area contributed by atoms with Gasteiger partial charge in [0.15, 0.2) is 17.7 Å². The molecule has 2 aromatic rings. The lowest BCUT2D eigenvalue weighted by atomic mass is 9.73. The zero-order valence-corrected chi connectivity index (χ0v) is 37.3. The maximum absolute atomic E-state index is 14.9. The summed E-state index contributed by atoms with van der Waals surface area (Å²) < 4.78 is 31.6. The number of likely N-dealkylation sites (tertiary alicyclic amines) is 1. The van der Waals surface area contributed by atoms with E-state index in [0.29, 0.717) is 19.5 Å². The van der Waals surface area contributed by atoms with Gasteiger partial charge in [-0.05, 0) is 72.2 Å². The molecule has 13 atom stereocenters. The summed E-state index contributed by atoms with van der Waals surface area (Å²) in [6.07, 6.45) is -4.05. The number of benzene rings is 2. The largest absolute Gasteiger partial charge is 0.458 e. The Bertz CT molecular complexity index is 1790. The SMILES string of the molecule is CC[C@H]1OC(=O)[C@H](C)C(=O)[C@H](C)[C@@H](O[C@@H]2O[C@H](C)C[C@H](N(C)C)[C@H]2O)[C@](C)(OC)C[C@@H](C)C(=O)[C@H](C)[C@H]2N(C3CN(C(c4ccccc4)c4ccccc4)C3)C(=O)O[C@]12C. The maximum Gasteiger partial charge on any atom is 0.411 e. The minimum Gasteiger partial charge on any atom is -0.458 e. The predicted molar refractivity (Wildman–Crippen MR) is 225 cm³/mol. The average Bonchev–Trinajstić information content (AvgIpc) is 3.48. The zero-order valence-electron chi connectivity index (χ0n) is 37.3. The standard InChI is InChI=1S/C47H67N3O10/c1-12-36-47(8)41(50(45(55)60-47)34-25-49(26-34)37(32-19-15-13-16-20-32)33-21-17-14-18-22-33)29(4)38(51)27(2)24-46(7,56-11)42(30(5)39(52)31(6)43(54)58-36)59-44-40(53)35(48(9)10)23-28(3)57-44/h13-22,27-31,34-37,40-42,44,53H,12,23-26H2,1-11H3/t27-,28-,29+,30+,31-,35+,36-,40-,41-,42-,44+,46-,47-/m1/s1. The van der Waals surface area contributed by atoms with Crippen molar-refractivity contribution in [1.29, 1.82) is 0 Å². The van der Waals surface area contributed by atoms with Crippen molar-refractivity contribution in [3.8, 4) is 0 Å². The quantitative estimate of drug-likeness (QED) is 0.246. The van der Waals surface area contributed by atoms with Crippen LogP contribution in [0.4, 0.5) is 4.79 Å². The first-order chi connectivity index (χ1) is 28.4. The highest BCUT2D eigenvalue weighted by molar-refractivity contribution is 6.00. The van der Waals surface area contributed by atoms with Gasteiger partial charge >= 0.3 is 12.1 Å². The first kappa shape index (κ1) is 45.8. The zero-order chi connectivity index (χ0) is 43.8. The first-order valence-electron chi connectivity index (χ1n) is 21.7. The number of hydrogen-bond donors (Lipinski definition) is 1. The number of esters is 1. The number of ketones is 2. The summed E-state index contributed by atoms with van der Waals surface area (Å²) in [4.78, 5) is 63.7. The molecule has 0 unspecified atom stereocenters. The Morgan fingerprint density at radius 3 is 2.00 bits per heavy atom. The van der Waals surface area contributed by atoms with Crippen LogP contribution in [0.1, 0.15) is 91.8 Å². The highest BCUT2D eigenvalue weighted by Gasteiger charge is 2.63. The van der Waals surface area contributed by atoms with Crippen LogP contribution < -0.4 is 0 Å². The number of fused-ring (bicyclic) bond motifs is 1. The molecule has 0 aromatic heterocycles. The van der Waals surface area contributed by atoms with E-state index in [1.807, 2.05) is 83.1 Å². The molecule has 13 heteroatoms. The van der Waals surface area contributed by atoms with E-state index in [-0.39, 0.29) is 42.9 Å². The third-order valence-corrected chi connectivity index (χ3v) is 14.0. The van der Waals surface area contributed by atoms with Gasteiger partial charge in [-0.2, -0.15) is 0 Å². The van der Waals surface area contributed by atoms with E-state index in [2.05, 4.69) is 29.2 Å². The van der Waals surface area contributed by atoms with Crippen LogP contribution in [0.15, 0.2) is 60.7 Å². The molecule has 4 aliphatic rings. The molecular weight excluding hydrogens is 767 g/mol. The molecule has 4 aliphatic heterocycles. The number of nitrogens with zero attached hydrogens (tertiary/aromatic N) is 3. The normalized spacial score (nSPS) is 37.7. The minimum absolute atomic E-state index is 0.0542. The second-order valence-corrected chi connectivity index (χ2v) is 18.4. The van der Waals surface area contributed by atoms with Gasteiger partial charge < -0.3 is 33.7 Å². The van der Waals surface area contributed by atoms with Crippen molar-refractivity contribution in [3.63, 3.8) is 0 Å². The van der Waals surface area contributed by atoms with E-state index >= 15 is 0 Å². The van der Waals surface area contributed by atoms with Gasteiger partial charge in [0.2, 0.25) is 0 Å². The topological polar surface area (TPSA) is 144 Å². The molecule has 4 fully saturated rings. The number of aliphatic hydroxyl groups is 1. The number of hydrogen-bond acceptors (Lipinski definition) is 12. The molecule has 4 heterocycles. The summed E-state index contributed by atoms with van der Waals surface area (Å²) in [7, 11) is 5.26. The fraction of sp³-hybridized carbons (Fsp3) is 0.660. The fourth-order valence-corrected chi connectivity index (χ4v) is 10.5. The number of cyclic esters (lactones) is 1. The van der Waals surface area contributed by atoms with Crippen molar-refractivity contribution >= 4 is 23.6 Å². The molecule has 0 bridgehead atoms. The summed E-state index contributed by atoms with van der Waals surface area (Å²) in [6.45, 7) is 15.2. The highest BCUT2D eigenvalue weighted by Crippen LogP contribution is 2.46. The van der Waals surface area contributed by atoms with Crippen molar-refractivity contribution in [2.45, 2.75) is 141 Å². The number of Topliss-reactive ketones (excluding diaryl/α,β-unsaturated/α-hetero) is 2. The third kappa shape index (κ3) is 8.67. The van der Waals surface area contributed by atoms with Gasteiger partial charge in [-0.15, -0.1) is 0 Å². The number of methoxy groups -OCH3 is 1. The lowest BCUT2D eigenvalue weighted by molar-refractivity contribution is -0.295. The number of rotatable bonds is 9. The second kappa shape index (κ2) is 18.3. The van der Waals surface area contributed by atoms with Crippen molar-refractivity contribution in [1.82, 2.24) is 14.7 Å². The molecular formula is C47H67N3O10. The van der Waals surface area contributed by atoms with Gasteiger partial charge in [0, 0.05) is 44.0 Å². The first-order valence-corrected chi connectivity index (χ1v) is 21.7. The highest BCUT2D eigenvalue weighted by atomic mass is 16.7. The second-order valence-electron chi connectivity index (χ2n) is 18.4. The van der Waals surface area contributed by atoms with Crippen LogP contribution in [-0.4, -0.2) is 138 Å². The molecule has 2 aromatic carbocycles. The fourth-order valence-electron chi connectivity index (χ4n) is 10.5. The lowest BCUT2D eigenvalue weighted by Gasteiger charge is -2.50. The van der Waals surface area contributed by atoms with Gasteiger partial charge in [0.05, 0.1) is 35.9 Å². The van der Waals surface area contributed by atoms with E-state index < -0.39 is 83.4 Å². The van der Waals surface area contributed by atoms with Crippen LogP contribution >= 0.6 is 0 Å². The molecule has 4 saturated heterocycles. The van der Waals surface area contributed by atoms with Crippen LogP contribution in [0, 0.1) is 23.7 Å². The molecule has 0 spiro atoms. The Morgan fingerprint density at radius 2 is 1.47 bits per heavy atom. The number of carbonyl (C=O) groups is 4. The number of ether oxygens (including phenoxy) is 5. The van der Waals surface area contributed by atoms with Crippen LogP contribution in [0.2, 0.25) is 0 Å². The van der Waals surface area contributed by atoms with E-state index in [0.717, 1.165) is 11.1 Å². The van der Waals surface area contributed by atoms with E-state index in [9.17, 15) is 24.3 Å². The number of amides is 1. The van der Waals surface area contributed by atoms with Gasteiger partial charge in [-0.3, -0.25) is 24.2 Å². The van der Waals surface area contributed by atoms with E-state index in [4.69, 9.17) is 23.7 Å². The van der Waals surface area contributed by atoms with Gasteiger partial charge in [-0.1, -0.05) is 88.4 Å². The molecule has 60 heavy (non-hydrogen) atoms. The summed E-state index contributed by atoms with van der Waals surface area (Å²) in [5, 5.41) is 11.5. The Balaban J connectivity index is 1.35. The third-order valence-electron chi connectivity index (χ3n) is 14.0. The van der Waals surface area contributed by atoms with Gasteiger partial charge in [-0.25, -0.2) is 4.79 Å². The number of carbonyl (C=O) groups excluding carboxylic acids is 4. The van der Waals surface area contributed by atoms with E-state index in [1.54, 1.807) is 25.7 Å². The molecule has 0 radical (unpaired) electrons. The van der Waals surface area contributed by atoms with E-state index in [1.165, 1.54) is 14.0 Å². The van der Waals surface area contributed by atoms with Crippen LogP contribution in [-0.2, 0) is 38.1 Å². The molecule has 0 aliphatic carbocycles. The Hall–Kier alpha value is -3.72. The van der Waals surface area contributed by atoms with Crippen LogP contribution in [0.25, 0.3) is 0 Å². The minimum atomic E-state index is -1.42. The van der Waals surface area contributed by atoms with Crippen LogP contribution in [0.5, 0.6) is 0 Å². The van der Waals surface area contributed by atoms with Crippen molar-refractivity contribution in [3.05, 3.63) is 71.8 Å². The molecule has 1 N–H and O–H groups in total. The van der Waals surface area contributed by atoms with Gasteiger partial charge in [0.25, 0.3) is 0 Å². The maximum atomic E-state index is 14.9. The summed E-state index contributed by atoms with van der Waals surface area (Å²) in [6, 6.07) is 19.1. The molecule has 330 valence electrons. The monoisotopic (exact) mass is 833 g/mol. The number of aliphatic hydroxyl groups excluding tert-OH is 1. The molecule has 13 nitrogen and oxygen atoms in total. The lowest BCUT2D eigenvalue weighted by Crippen LogP contribution is -2.66. The Morgan fingerprint density at radius 1 is 0.883 bits per heavy atom. The Kier molecular flexibility index (Phi) is 14.0. The van der Waals surface area contributed by atoms with Crippen molar-refractivity contribution in [2.75, 3.05) is 34.3 Å². The smallest absolute Gasteiger partial charge is 0.411 e. The average molecular weight is 834 g/mol. The Labute approximate surface area is 356 Å². The number of likely N-dealkylation sites (N-methyl/N-ethyl adjacent to an activating group) is 1. The molecule has 0 saturated carbocycles. The van der Waals surface area contributed by atoms with Crippen LogP contribution in [0.3, 0.4) is 0 Å². The van der Waals surface area contributed by atoms with Crippen molar-refractivity contribution in [2.24, 2.45) is 23.7 Å². The van der Waals surface area contributed by atoms with Gasteiger partial charge in [0.1, 0.15) is 23.9 Å². The summed E-state index contributed by atoms with van der Waals surface area (Å²) in [5.74, 6) is -4.95. The molecule has 1 amide bonds. The summed E-state index contributed by atoms with van der Waals surface area (Å²) >= 11 is 0. The molecule has 6 rings (SSSR count). The van der Waals surface area contributed by atoms with Crippen molar-refractivity contribution < 1.29 is 48.0 Å².